The average Bonchev–Trinajstić information content (AvgIpc) is 2.05. The molecule has 0 aliphatic heterocycles. The van der Waals surface area contributed by atoms with Gasteiger partial charge in [0.25, 0.3) is 0 Å². The molecular formula is C6H9N3O2S. The van der Waals surface area contributed by atoms with Gasteiger partial charge >= 0.3 is 0 Å². The van der Waals surface area contributed by atoms with Gasteiger partial charge in [-0.1, -0.05) is 6.92 Å². The molecule has 1 aromatic heterocycles. The maximum Gasteiger partial charge on any atom is 0.219 e. The average molecular weight is 187 g/mol. The first-order chi connectivity index (χ1) is 5.56. The Morgan fingerprint density at radius 3 is 2.33 bits per heavy atom. The Kier molecular flexibility index (Phi) is 2.27. The van der Waals surface area contributed by atoms with E-state index in [4.69, 9.17) is 5.73 Å². The summed E-state index contributed by atoms with van der Waals surface area (Å²) in [6, 6.07) is 0. The second kappa shape index (κ2) is 3.06. The van der Waals surface area contributed by atoms with Crippen LogP contribution in [-0.4, -0.2) is 24.1 Å². The number of aromatic nitrogens is 2. The van der Waals surface area contributed by atoms with Gasteiger partial charge in [0, 0.05) is 0 Å². The Hall–Kier alpha value is -1.17. The monoisotopic (exact) mass is 187 g/mol. The van der Waals surface area contributed by atoms with E-state index in [1.165, 1.54) is 12.4 Å². The van der Waals surface area contributed by atoms with Gasteiger partial charge in [-0.15, -0.1) is 0 Å². The number of nitrogens with zero attached hydrogens (tertiary/aromatic N) is 2. The zero-order valence-corrected chi connectivity index (χ0v) is 7.37. The zero-order valence-electron chi connectivity index (χ0n) is 6.56. The van der Waals surface area contributed by atoms with Gasteiger partial charge in [-0.3, -0.25) is 0 Å². The lowest BCUT2D eigenvalue weighted by Gasteiger charge is -1.98. The van der Waals surface area contributed by atoms with Gasteiger partial charge in [0.15, 0.2) is 9.84 Å². The van der Waals surface area contributed by atoms with Gasteiger partial charge in [0.2, 0.25) is 5.95 Å². The molecule has 5 nitrogen and oxygen atoms in total. The van der Waals surface area contributed by atoms with E-state index in [9.17, 15) is 8.42 Å². The smallest absolute Gasteiger partial charge is 0.219 e. The molecule has 0 saturated carbocycles. The minimum absolute atomic E-state index is 0.0419. The van der Waals surface area contributed by atoms with Crippen molar-refractivity contribution in [1.82, 2.24) is 9.97 Å². The highest BCUT2D eigenvalue weighted by molar-refractivity contribution is 7.91. The molecule has 66 valence electrons. The van der Waals surface area contributed by atoms with Crippen molar-refractivity contribution in [1.29, 1.82) is 0 Å². The summed E-state index contributed by atoms with van der Waals surface area (Å²) < 4.78 is 22.4. The minimum Gasteiger partial charge on any atom is -0.368 e. The molecule has 0 aliphatic rings. The summed E-state index contributed by atoms with van der Waals surface area (Å²) in [4.78, 5) is 7.27. The highest BCUT2D eigenvalue weighted by Crippen LogP contribution is 2.07. The lowest BCUT2D eigenvalue weighted by molar-refractivity contribution is 0.596. The van der Waals surface area contributed by atoms with Gasteiger partial charge in [-0.25, -0.2) is 18.4 Å². The Bertz CT molecular complexity index is 357. The molecule has 1 heterocycles. The first-order valence-corrected chi connectivity index (χ1v) is 5.02. The predicted molar refractivity (Wildman–Crippen MR) is 44.2 cm³/mol. The third kappa shape index (κ3) is 1.70. The van der Waals surface area contributed by atoms with Crippen LogP contribution in [0.25, 0.3) is 0 Å². The second-order valence-electron chi connectivity index (χ2n) is 2.18. The first kappa shape index (κ1) is 8.92. The SMILES string of the molecule is CCS(=O)(=O)c1cnc(N)nc1. The van der Waals surface area contributed by atoms with Gasteiger partial charge in [-0.2, -0.15) is 0 Å². The topological polar surface area (TPSA) is 85.9 Å². The number of rotatable bonds is 2. The molecule has 1 rings (SSSR count). The fourth-order valence-corrected chi connectivity index (χ4v) is 1.41. The normalized spacial score (nSPS) is 11.4. The quantitative estimate of drug-likeness (QED) is 0.696. The molecule has 0 atom stereocenters. The number of anilines is 1. The molecule has 0 radical (unpaired) electrons. The van der Waals surface area contributed by atoms with Crippen molar-refractivity contribution in [2.24, 2.45) is 0 Å². The summed E-state index contributed by atoms with van der Waals surface area (Å²) in [5.74, 6) is 0.116. The number of hydrogen-bond acceptors (Lipinski definition) is 5. The third-order valence-electron chi connectivity index (χ3n) is 1.39. The van der Waals surface area contributed by atoms with E-state index in [2.05, 4.69) is 9.97 Å². The molecule has 0 fully saturated rings. The number of hydrogen-bond donors (Lipinski definition) is 1. The standard InChI is InChI=1S/C6H9N3O2S/c1-2-12(10,11)5-3-8-6(7)9-4-5/h3-4H,2H2,1H3,(H2,7,8,9). The van der Waals surface area contributed by atoms with Crippen molar-refractivity contribution in [2.45, 2.75) is 11.8 Å². The summed E-state index contributed by atoms with van der Waals surface area (Å²) in [5, 5.41) is 0. The summed E-state index contributed by atoms with van der Waals surface area (Å²) in [6.45, 7) is 1.56. The maximum absolute atomic E-state index is 11.2. The molecule has 0 unspecified atom stereocenters. The van der Waals surface area contributed by atoms with Crippen LogP contribution in [0, 0.1) is 0 Å². The number of sulfone groups is 1. The fraction of sp³-hybridized carbons (Fsp3) is 0.333. The molecule has 0 saturated heterocycles. The molecule has 12 heavy (non-hydrogen) atoms. The van der Waals surface area contributed by atoms with Gasteiger partial charge in [-0.05, 0) is 0 Å². The van der Waals surface area contributed by atoms with Gasteiger partial charge in [0.05, 0.1) is 18.1 Å². The summed E-state index contributed by atoms with van der Waals surface area (Å²) in [6.07, 6.45) is 2.42. The summed E-state index contributed by atoms with van der Waals surface area (Å²) >= 11 is 0. The van der Waals surface area contributed by atoms with E-state index in [1.54, 1.807) is 6.92 Å². The molecular weight excluding hydrogens is 178 g/mol. The van der Waals surface area contributed by atoms with Crippen molar-refractivity contribution >= 4 is 15.8 Å². The molecule has 6 heteroatoms. The summed E-state index contributed by atoms with van der Waals surface area (Å²) in [5.41, 5.74) is 5.19. The Balaban J connectivity index is 3.14. The van der Waals surface area contributed by atoms with Crippen LogP contribution in [0.15, 0.2) is 17.3 Å². The number of nitrogen functional groups attached to an aromatic ring is 1. The van der Waals surface area contributed by atoms with Crippen molar-refractivity contribution in [3.63, 3.8) is 0 Å². The largest absolute Gasteiger partial charge is 0.368 e. The van der Waals surface area contributed by atoms with E-state index in [0.29, 0.717) is 0 Å². The highest BCUT2D eigenvalue weighted by atomic mass is 32.2. The number of nitrogens with two attached hydrogens (primary N) is 1. The van der Waals surface area contributed by atoms with Crippen LogP contribution < -0.4 is 5.73 Å². The van der Waals surface area contributed by atoms with E-state index in [0.717, 1.165) is 0 Å². The van der Waals surface area contributed by atoms with Crippen LogP contribution in [-0.2, 0) is 9.84 Å². The lowest BCUT2D eigenvalue weighted by Crippen LogP contribution is -2.05. The van der Waals surface area contributed by atoms with Crippen LogP contribution in [0.4, 0.5) is 5.95 Å². The predicted octanol–water partition coefficient (Wildman–Crippen LogP) is -0.148. The minimum atomic E-state index is -3.20. The van der Waals surface area contributed by atoms with Crippen molar-refractivity contribution in [2.75, 3.05) is 11.5 Å². The van der Waals surface area contributed by atoms with Gasteiger partial charge in [0.1, 0.15) is 4.90 Å². The first-order valence-electron chi connectivity index (χ1n) is 3.36. The third-order valence-corrected chi connectivity index (χ3v) is 3.08. The van der Waals surface area contributed by atoms with Crippen molar-refractivity contribution < 1.29 is 8.42 Å². The lowest BCUT2D eigenvalue weighted by atomic mass is 10.7. The fourth-order valence-electron chi connectivity index (χ4n) is 0.653. The van der Waals surface area contributed by atoms with Crippen molar-refractivity contribution in [3.8, 4) is 0 Å². The second-order valence-corrected chi connectivity index (χ2v) is 4.46. The van der Waals surface area contributed by atoms with Crippen LogP contribution in [0.5, 0.6) is 0 Å². The molecule has 1 aromatic rings. The summed E-state index contributed by atoms with van der Waals surface area (Å²) in [7, 11) is -3.20. The molecule has 0 bridgehead atoms. The van der Waals surface area contributed by atoms with Crippen molar-refractivity contribution in [3.05, 3.63) is 12.4 Å². The van der Waals surface area contributed by atoms with E-state index < -0.39 is 9.84 Å². The zero-order chi connectivity index (χ0) is 9.19. The Labute approximate surface area is 70.6 Å². The van der Waals surface area contributed by atoms with Gasteiger partial charge < -0.3 is 5.73 Å². The molecule has 2 N–H and O–H groups in total. The van der Waals surface area contributed by atoms with Crippen LogP contribution in [0.2, 0.25) is 0 Å². The van der Waals surface area contributed by atoms with Crippen LogP contribution >= 0.6 is 0 Å². The Morgan fingerprint density at radius 1 is 1.42 bits per heavy atom. The molecule has 0 amide bonds. The molecule has 0 aromatic carbocycles. The maximum atomic E-state index is 11.2. The van der Waals surface area contributed by atoms with Crippen LogP contribution in [0.3, 0.4) is 0 Å². The molecule has 0 aliphatic carbocycles. The van der Waals surface area contributed by atoms with E-state index in [-0.39, 0.29) is 16.6 Å². The van der Waals surface area contributed by atoms with E-state index >= 15 is 0 Å². The highest BCUT2D eigenvalue weighted by Gasteiger charge is 2.11. The molecule has 0 spiro atoms. The van der Waals surface area contributed by atoms with Crippen LogP contribution in [0.1, 0.15) is 6.92 Å². The van der Waals surface area contributed by atoms with E-state index in [1.807, 2.05) is 0 Å². The Morgan fingerprint density at radius 2 is 1.92 bits per heavy atom.